The zero-order valence-corrected chi connectivity index (χ0v) is 13.4. The van der Waals surface area contributed by atoms with Gasteiger partial charge in [0.2, 0.25) is 10.0 Å². The van der Waals surface area contributed by atoms with E-state index in [1.54, 1.807) is 12.1 Å². The van der Waals surface area contributed by atoms with Gasteiger partial charge in [-0.05, 0) is 29.8 Å². The maximum absolute atomic E-state index is 12.7. The highest BCUT2D eigenvalue weighted by Crippen LogP contribution is 2.26. The fourth-order valence-electron chi connectivity index (χ4n) is 2.47. The molecule has 1 saturated heterocycles. The second-order valence-electron chi connectivity index (χ2n) is 5.09. The van der Waals surface area contributed by atoms with Gasteiger partial charge in [0.15, 0.2) is 0 Å². The lowest BCUT2D eigenvalue weighted by molar-refractivity contribution is -0.00255. The van der Waals surface area contributed by atoms with E-state index in [1.165, 1.54) is 16.4 Å². The van der Waals surface area contributed by atoms with Crippen molar-refractivity contribution in [2.45, 2.75) is 11.0 Å². The number of ether oxygens (including phenoxy) is 1. The van der Waals surface area contributed by atoms with Gasteiger partial charge in [-0.1, -0.05) is 41.9 Å². The predicted octanol–water partition coefficient (Wildman–Crippen LogP) is 3.10. The van der Waals surface area contributed by atoms with Crippen molar-refractivity contribution in [3.05, 3.63) is 65.2 Å². The summed E-state index contributed by atoms with van der Waals surface area (Å²) in [6.45, 7) is 1.05. The van der Waals surface area contributed by atoms with Crippen LogP contribution in [0, 0.1) is 0 Å². The fraction of sp³-hybridized carbons (Fsp3) is 0.250. The smallest absolute Gasteiger partial charge is 0.243 e. The van der Waals surface area contributed by atoms with Gasteiger partial charge in [0.1, 0.15) is 0 Å². The highest BCUT2D eigenvalue weighted by Gasteiger charge is 2.31. The minimum atomic E-state index is -3.53. The normalized spacial score (nSPS) is 20.0. The Bertz CT molecular complexity index is 732. The molecule has 116 valence electrons. The van der Waals surface area contributed by atoms with Gasteiger partial charge in [0, 0.05) is 18.1 Å². The minimum Gasteiger partial charge on any atom is -0.371 e. The first-order valence-corrected chi connectivity index (χ1v) is 8.81. The molecular formula is C16H16ClNO3S. The molecule has 1 unspecified atom stereocenters. The number of morpholine rings is 1. The van der Waals surface area contributed by atoms with Crippen LogP contribution >= 0.6 is 11.6 Å². The first-order valence-electron chi connectivity index (χ1n) is 6.99. The quantitative estimate of drug-likeness (QED) is 0.864. The van der Waals surface area contributed by atoms with Gasteiger partial charge in [-0.2, -0.15) is 4.31 Å². The van der Waals surface area contributed by atoms with Crippen LogP contribution in [0.2, 0.25) is 5.02 Å². The van der Waals surface area contributed by atoms with E-state index in [9.17, 15) is 8.42 Å². The summed E-state index contributed by atoms with van der Waals surface area (Å²) < 4.78 is 32.6. The van der Waals surface area contributed by atoms with Gasteiger partial charge in [-0.15, -0.1) is 0 Å². The molecule has 1 atom stereocenters. The summed E-state index contributed by atoms with van der Waals surface area (Å²) in [6, 6.07) is 15.9. The Balaban J connectivity index is 1.83. The molecule has 1 fully saturated rings. The summed E-state index contributed by atoms with van der Waals surface area (Å²) in [4.78, 5) is 0.255. The highest BCUT2D eigenvalue weighted by atomic mass is 35.5. The van der Waals surface area contributed by atoms with E-state index < -0.39 is 10.0 Å². The average molecular weight is 338 g/mol. The van der Waals surface area contributed by atoms with Crippen molar-refractivity contribution in [1.82, 2.24) is 4.31 Å². The van der Waals surface area contributed by atoms with Crippen molar-refractivity contribution >= 4 is 21.6 Å². The Morgan fingerprint density at radius 2 is 1.73 bits per heavy atom. The van der Waals surface area contributed by atoms with Crippen LogP contribution in [0.4, 0.5) is 0 Å². The summed E-state index contributed by atoms with van der Waals surface area (Å²) in [5.74, 6) is 0. The summed E-state index contributed by atoms with van der Waals surface area (Å²) in [6.07, 6.45) is -0.239. The number of hydrogen-bond acceptors (Lipinski definition) is 3. The molecule has 1 aliphatic heterocycles. The third-order valence-corrected chi connectivity index (χ3v) is 5.78. The maximum Gasteiger partial charge on any atom is 0.243 e. The molecule has 1 heterocycles. The molecule has 4 nitrogen and oxygen atoms in total. The van der Waals surface area contributed by atoms with Crippen LogP contribution in [0.3, 0.4) is 0 Å². The summed E-state index contributed by atoms with van der Waals surface area (Å²) in [5, 5.41) is 0.517. The number of rotatable bonds is 3. The van der Waals surface area contributed by atoms with E-state index >= 15 is 0 Å². The Hall–Kier alpha value is -1.40. The Kier molecular flexibility index (Phi) is 4.49. The van der Waals surface area contributed by atoms with Gasteiger partial charge < -0.3 is 4.74 Å². The number of sulfonamides is 1. The van der Waals surface area contributed by atoms with Crippen LogP contribution < -0.4 is 0 Å². The highest BCUT2D eigenvalue weighted by molar-refractivity contribution is 7.89. The maximum atomic E-state index is 12.7. The molecule has 0 bridgehead atoms. The number of benzene rings is 2. The lowest BCUT2D eigenvalue weighted by Crippen LogP contribution is -2.42. The van der Waals surface area contributed by atoms with E-state index in [-0.39, 0.29) is 11.0 Å². The van der Waals surface area contributed by atoms with E-state index in [2.05, 4.69) is 0 Å². The van der Waals surface area contributed by atoms with Crippen molar-refractivity contribution in [1.29, 1.82) is 0 Å². The van der Waals surface area contributed by atoms with Gasteiger partial charge in [-0.25, -0.2) is 8.42 Å². The largest absolute Gasteiger partial charge is 0.371 e. The standard InChI is InChI=1S/C16H16ClNO3S/c17-14-6-8-15(9-7-14)22(19,20)18-10-11-21-16(12-18)13-4-2-1-3-5-13/h1-9,16H,10-12H2. The lowest BCUT2D eigenvalue weighted by Gasteiger charge is -2.32. The molecule has 0 aliphatic carbocycles. The van der Waals surface area contributed by atoms with Gasteiger partial charge >= 0.3 is 0 Å². The fourth-order valence-corrected chi connectivity index (χ4v) is 4.02. The van der Waals surface area contributed by atoms with Crippen LogP contribution in [-0.4, -0.2) is 32.4 Å². The van der Waals surface area contributed by atoms with E-state index in [4.69, 9.17) is 16.3 Å². The van der Waals surface area contributed by atoms with Crippen LogP contribution in [-0.2, 0) is 14.8 Å². The molecular weight excluding hydrogens is 322 g/mol. The van der Waals surface area contributed by atoms with E-state index in [0.29, 0.717) is 24.7 Å². The van der Waals surface area contributed by atoms with Gasteiger partial charge in [0.25, 0.3) is 0 Å². The van der Waals surface area contributed by atoms with Gasteiger partial charge in [-0.3, -0.25) is 0 Å². The molecule has 1 aliphatic rings. The van der Waals surface area contributed by atoms with Crippen LogP contribution in [0.25, 0.3) is 0 Å². The van der Waals surface area contributed by atoms with Crippen molar-refractivity contribution < 1.29 is 13.2 Å². The number of hydrogen-bond donors (Lipinski definition) is 0. The number of nitrogens with zero attached hydrogens (tertiary/aromatic N) is 1. The second kappa shape index (κ2) is 6.38. The molecule has 22 heavy (non-hydrogen) atoms. The van der Waals surface area contributed by atoms with E-state index in [0.717, 1.165) is 5.56 Å². The van der Waals surface area contributed by atoms with Crippen LogP contribution in [0.1, 0.15) is 11.7 Å². The van der Waals surface area contributed by atoms with E-state index in [1.807, 2.05) is 30.3 Å². The molecule has 0 N–H and O–H groups in total. The molecule has 0 amide bonds. The van der Waals surface area contributed by atoms with Crippen molar-refractivity contribution in [3.8, 4) is 0 Å². The van der Waals surface area contributed by atoms with Crippen LogP contribution in [0.15, 0.2) is 59.5 Å². The summed E-state index contributed by atoms with van der Waals surface area (Å²) in [5.41, 5.74) is 0.985. The third kappa shape index (κ3) is 3.17. The average Bonchev–Trinajstić information content (AvgIpc) is 2.56. The first kappa shape index (κ1) is 15.5. The van der Waals surface area contributed by atoms with Crippen molar-refractivity contribution in [2.24, 2.45) is 0 Å². The Morgan fingerprint density at radius 1 is 1.05 bits per heavy atom. The molecule has 0 saturated carbocycles. The molecule has 0 aromatic heterocycles. The molecule has 2 aromatic rings. The zero-order chi connectivity index (χ0) is 15.6. The van der Waals surface area contributed by atoms with Gasteiger partial charge in [0.05, 0.1) is 17.6 Å². The predicted molar refractivity (Wildman–Crippen MR) is 85.3 cm³/mol. The molecule has 0 spiro atoms. The van der Waals surface area contributed by atoms with Crippen molar-refractivity contribution in [2.75, 3.05) is 19.7 Å². The molecule has 3 rings (SSSR count). The lowest BCUT2D eigenvalue weighted by atomic mass is 10.1. The molecule has 6 heteroatoms. The van der Waals surface area contributed by atoms with Crippen LogP contribution in [0.5, 0.6) is 0 Å². The molecule has 0 radical (unpaired) electrons. The third-order valence-electron chi connectivity index (χ3n) is 3.65. The van der Waals surface area contributed by atoms with Crippen molar-refractivity contribution in [3.63, 3.8) is 0 Å². The second-order valence-corrected chi connectivity index (χ2v) is 7.46. The SMILES string of the molecule is O=S(=O)(c1ccc(Cl)cc1)N1CCOC(c2ccccc2)C1. The topological polar surface area (TPSA) is 46.6 Å². The zero-order valence-electron chi connectivity index (χ0n) is 11.9. The summed E-state index contributed by atoms with van der Waals surface area (Å²) >= 11 is 5.82. The Labute approximate surface area is 135 Å². The summed E-state index contributed by atoms with van der Waals surface area (Å²) in [7, 11) is -3.53. The Morgan fingerprint density at radius 3 is 2.41 bits per heavy atom. The first-order chi connectivity index (χ1) is 10.6. The number of halogens is 1. The molecule has 2 aromatic carbocycles. The minimum absolute atomic E-state index is 0.239. The monoisotopic (exact) mass is 337 g/mol.